The van der Waals surface area contributed by atoms with Crippen LogP contribution in [0.3, 0.4) is 0 Å². The Hall–Kier alpha value is -3.42. The number of anilines is 1. The number of hydrogen-bond acceptors (Lipinski definition) is 4. The highest BCUT2D eigenvalue weighted by atomic mass is 35.5. The van der Waals surface area contributed by atoms with Crippen molar-refractivity contribution in [3.05, 3.63) is 98.9 Å². The molecule has 0 unspecified atom stereocenters. The van der Waals surface area contributed by atoms with Crippen LogP contribution >= 0.6 is 11.6 Å². The van der Waals surface area contributed by atoms with Gasteiger partial charge in [-0.25, -0.2) is 5.48 Å². The van der Waals surface area contributed by atoms with Crippen LogP contribution in [0, 0.1) is 0 Å². The topological polar surface area (TPSA) is 100 Å². The number of carbonyl (C=O) groups is 2. The van der Waals surface area contributed by atoms with Gasteiger partial charge in [0.2, 0.25) is 0 Å². The first-order valence-electron chi connectivity index (χ1n) is 8.27. The molecule has 3 aromatic rings. The Morgan fingerprint density at radius 3 is 2.29 bits per heavy atom. The third kappa shape index (κ3) is 4.46. The quantitative estimate of drug-likeness (QED) is 0.455. The molecule has 2 aromatic carbocycles. The fourth-order valence-electron chi connectivity index (χ4n) is 2.59. The van der Waals surface area contributed by atoms with E-state index in [1.807, 2.05) is 0 Å². The van der Waals surface area contributed by atoms with Crippen LogP contribution < -0.4 is 16.4 Å². The third-order valence-electron chi connectivity index (χ3n) is 4.04. The summed E-state index contributed by atoms with van der Waals surface area (Å²) >= 11 is 5.82. The van der Waals surface area contributed by atoms with Gasteiger partial charge in [0.05, 0.1) is 6.54 Å². The highest BCUT2D eigenvalue weighted by Crippen LogP contribution is 2.14. The summed E-state index contributed by atoms with van der Waals surface area (Å²) in [5.41, 5.74) is 2.70. The number of hydrogen-bond donors (Lipinski definition) is 3. The monoisotopic (exact) mass is 397 g/mol. The number of nitrogens with one attached hydrogen (secondary N) is 2. The molecule has 28 heavy (non-hydrogen) atoms. The number of rotatable bonds is 5. The molecule has 3 N–H and O–H groups in total. The molecular weight excluding hydrogens is 382 g/mol. The maximum absolute atomic E-state index is 12.7. The molecule has 0 aliphatic rings. The first kappa shape index (κ1) is 19.3. The lowest BCUT2D eigenvalue weighted by molar-refractivity contribution is 0.0706. The summed E-state index contributed by atoms with van der Waals surface area (Å²) in [6, 6.07) is 16.0. The summed E-state index contributed by atoms with van der Waals surface area (Å²) in [6.45, 7) is 0.224. The van der Waals surface area contributed by atoms with Crippen molar-refractivity contribution in [1.29, 1.82) is 0 Å². The number of nitrogens with zero attached hydrogens (tertiary/aromatic N) is 1. The highest BCUT2D eigenvalue weighted by molar-refractivity contribution is 6.30. The number of pyridine rings is 1. The molecular formula is C20H16ClN3O4. The van der Waals surface area contributed by atoms with E-state index in [9.17, 15) is 14.4 Å². The molecule has 1 aromatic heterocycles. The molecule has 0 radical (unpaired) electrons. The van der Waals surface area contributed by atoms with Gasteiger partial charge in [-0.15, -0.1) is 0 Å². The van der Waals surface area contributed by atoms with Crippen LogP contribution in [0.4, 0.5) is 5.69 Å². The number of benzene rings is 2. The lowest BCUT2D eigenvalue weighted by atomic mass is 10.1. The first-order valence-corrected chi connectivity index (χ1v) is 8.65. The third-order valence-corrected chi connectivity index (χ3v) is 4.29. The van der Waals surface area contributed by atoms with E-state index < -0.39 is 17.4 Å². The molecule has 0 fully saturated rings. The highest BCUT2D eigenvalue weighted by Gasteiger charge is 2.13. The summed E-state index contributed by atoms with van der Waals surface area (Å²) < 4.78 is 1.40. The minimum Gasteiger partial charge on any atom is -0.322 e. The normalized spacial score (nSPS) is 10.4. The van der Waals surface area contributed by atoms with Gasteiger partial charge in [0.1, 0.15) is 5.56 Å². The maximum Gasteiger partial charge on any atom is 0.274 e. The predicted molar refractivity (Wildman–Crippen MR) is 105 cm³/mol. The van der Waals surface area contributed by atoms with Gasteiger partial charge in [0, 0.05) is 22.5 Å². The van der Waals surface area contributed by atoms with Crippen molar-refractivity contribution in [3.8, 4) is 0 Å². The second kappa shape index (κ2) is 8.51. The zero-order chi connectivity index (χ0) is 20.1. The lowest BCUT2D eigenvalue weighted by Crippen LogP contribution is -2.29. The Balaban J connectivity index is 1.79. The van der Waals surface area contributed by atoms with Gasteiger partial charge in [-0.05, 0) is 54.1 Å². The van der Waals surface area contributed by atoms with Crippen molar-refractivity contribution in [2.45, 2.75) is 6.54 Å². The van der Waals surface area contributed by atoms with Gasteiger partial charge in [-0.2, -0.15) is 0 Å². The van der Waals surface area contributed by atoms with Crippen LogP contribution in [0.2, 0.25) is 5.02 Å². The van der Waals surface area contributed by atoms with E-state index in [1.54, 1.807) is 54.1 Å². The fourth-order valence-corrected chi connectivity index (χ4v) is 2.71. The Kier molecular flexibility index (Phi) is 5.88. The summed E-state index contributed by atoms with van der Waals surface area (Å²) in [6.07, 6.45) is 1.58. The van der Waals surface area contributed by atoms with Crippen molar-refractivity contribution in [2.24, 2.45) is 0 Å². The molecule has 1 heterocycles. The van der Waals surface area contributed by atoms with Gasteiger partial charge >= 0.3 is 0 Å². The molecule has 8 heteroatoms. The molecule has 142 valence electrons. The maximum atomic E-state index is 12.7. The van der Waals surface area contributed by atoms with E-state index in [0.29, 0.717) is 10.7 Å². The smallest absolute Gasteiger partial charge is 0.274 e. The molecule has 0 saturated carbocycles. The number of halogens is 1. The van der Waals surface area contributed by atoms with E-state index in [4.69, 9.17) is 16.8 Å². The molecule has 7 nitrogen and oxygen atoms in total. The van der Waals surface area contributed by atoms with E-state index in [-0.39, 0.29) is 17.7 Å². The summed E-state index contributed by atoms with van der Waals surface area (Å²) in [5.74, 6) is -1.14. The van der Waals surface area contributed by atoms with Crippen molar-refractivity contribution >= 4 is 29.1 Å². The molecule has 0 atom stereocenters. The Bertz CT molecular complexity index is 1060. The Labute approximate surface area is 165 Å². The van der Waals surface area contributed by atoms with Crippen LogP contribution in [0.1, 0.15) is 26.3 Å². The van der Waals surface area contributed by atoms with E-state index in [2.05, 4.69) is 5.32 Å². The molecule has 0 spiro atoms. The van der Waals surface area contributed by atoms with Gasteiger partial charge < -0.3 is 9.88 Å². The van der Waals surface area contributed by atoms with Crippen molar-refractivity contribution in [3.63, 3.8) is 0 Å². The SMILES string of the molecule is O=C(NO)c1ccc(Cn2cccc(C(=O)Nc3ccc(Cl)cc3)c2=O)cc1. The molecule has 0 aliphatic carbocycles. The van der Waals surface area contributed by atoms with Crippen molar-refractivity contribution < 1.29 is 14.8 Å². The van der Waals surface area contributed by atoms with Gasteiger partial charge in [-0.1, -0.05) is 23.7 Å². The summed E-state index contributed by atoms with van der Waals surface area (Å²) in [4.78, 5) is 36.5. The standard InChI is InChI=1S/C20H16ClN3O4/c21-15-7-9-16(10-8-15)22-19(26)17-2-1-11-24(20(17)27)12-13-3-5-14(6-4-13)18(25)23-28/h1-11,28H,12H2,(H,22,26)(H,23,25). The van der Waals surface area contributed by atoms with E-state index in [1.165, 1.54) is 22.8 Å². The molecule has 2 amide bonds. The zero-order valence-corrected chi connectivity index (χ0v) is 15.3. The molecule has 0 aliphatic heterocycles. The van der Waals surface area contributed by atoms with Crippen LogP contribution in [0.15, 0.2) is 71.7 Å². The average molecular weight is 398 g/mol. The zero-order valence-electron chi connectivity index (χ0n) is 14.6. The van der Waals surface area contributed by atoms with Gasteiger partial charge in [0.25, 0.3) is 17.4 Å². The minimum absolute atomic E-state index is 0.00808. The van der Waals surface area contributed by atoms with Crippen LogP contribution in [0.25, 0.3) is 0 Å². The average Bonchev–Trinajstić information content (AvgIpc) is 2.71. The summed E-state index contributed by atoms with van der Waals surface area (Å²) in [5, 5.41) is 11.9. The number of aromatic nitrogens is 1. The van der Waals surface area contributed by atoms with Crippen molar-refractivity contribution in [2.75, 3.05) is 5.32 Å². The number of hydroxylamine groups is 1. The lowest BCUT2D eigenvalue weighted by Gasteiger charge is -2.09. The molecule has 0 saturated heterocycles. The van der Waals surface area contributed by atoms with Gasteiger partial charge in [-0.3, -0.25) is 19.6 Å². The molecule has 0 bridgehead atoms. The summed E-state index contributed by atoms with van der Waals surface area (Å²) in [7, 11) is 0. The Morgan fingerprint density at radius 1 is 0.964 bits per heavy atom. The van der Waals surface area contributed by atoms with Crippen LogP contribution in [-0.4, -0.2) is 21.6 Å². The second-order valence-electron chi connectivity index (χ2n) is 5.95. The van der Waals surface area contributed by atoms with Crippen LogP contribution in [-0.2, 0) is 6.54 Å². The Morgan fingerprint density at radius 2 is 1.64 bits per heavy atom. The fraction of sp³-hybridized carbons (Fsp3) is 0.0500. The number of amides is 2. The van der Waals surface area contributed by atoms with Crippen LogP contribution in [0.5, 0.6) is 0 Å². The van der Waals surface area contributed by atoms with E-state index >= 15 is 0 Å². The number of carbonyl (C=O) groups excluding carboxylic acids is 2. The second-order valence-corrected chi connectivity index (χ2v) is 6.39. The minimum atomic E-state index is -0.621. The van der Waals surface area contributed by atoms with Crippen molar-refractivity contribution in [1.82, 2.24) is 10.0 Å². The molecule has 3 rings (SSSR count). The first-order chi connectivity index (χ1) is 13.5. The van der Waals surface area contributed by atoms with E-state index in [0.717, 1.165) is 5.56 Å². The largest absolute Gasteiger partial charge is 0.322 e. The predicted octanol–water partition coefficient (Wildman–Crippen LogP) is 2.92. The van der Waals surface area contributed by atoms with Gasteiger partial charge in [0.15, 0.2) is 0 Å².